The van der Waals surface area contributed by atoms with E-state index in [1.807, 2.05) is 66.7 Å². The van der Waals surface area contributed by atoms with Crippen molar-refractivity contribution in [2.24, 2.45) is 0 Å². The number of hydrogen-bond donors (Lipinski definition) is 3. The Balaban J connectivity index is 1.38. The van der Waals surface area contributed by atoms with E-state index >= 15 is 0 Å². The number of rotatable bonds is 6. The van der Waals surface area contributed by atoms with Gasteiger partial charge in [0.2, 0.25) is 5.91 Å². The highest BCUT2D eigenvalue weighted by molar-refractivity contribution is 7.80. The number of hydrazine groups is 1. The first-order chi connectivity index (χ1) is 14.1. The van der Waals surface area contributed by atoms with Crippen LogP contribution in [0.5, 0.6) is 5.75 Å². The topological polar surface area (TPSA) is 79.5 Å². The molecule has 0 atom stereocenters. The van der Waals surface area contributed by atoms with Crippen molar-refractivity contribution < 1.29 is 14.3 Å². The summed E-state index contributed by atoms with van der Waals surface area (Å²) in [6, 6.07) is 23.1. The molecule has 0 aliphatic heterocycles. The van der Waals surface area contributed by atoms with Gasteiger partial charge in [0.05, 0.1) is 0 Å². The third-order valence-corrected chi connectivity index (χ3v) is 4.36. The normalized spacial score (nSPS) is 10.2. The van der Waals surface area contributed by atoms with Gasteiger partial charge < -0.3 is 10.1 Å². The summed E-state index contributed by atoms with van der Waals surface area (Å²) in [5, 5.41) is 4.52. The summed E-state index contributed by atoms with van der Waals surface area (Å²) in [4.78, 5) is 23.9. The molecule has 0 spiro atoms. The molecule has 3 aromatic rings. The Hall–Kier alpha value is -3.45. The minimum absolute atomic E-state index is 0.0292. The second-order valence-electron chi connectivity index (χ2n) is 6.30. The number of aryl methyl sites for hydroxylation is 1. The van der Waals surface area contributed by atoms with E-state index in [4.69, 9.17) is 17.0 Å². The van der Waals surface area contributed by atoms with Crippen LogP contribution in [0.4, 0.5) is 0 Å². The van der Waals surface area contributed by atoms with Crippen molar-refractivity contribution >= 4 is 39.9 Å². The van der Waals surface area contributed by atoms with Gasteiger partial charge in [-0.25, -0.2) is 0 Å². The Bertz CT molecular complexity index is 1000. The molecule has 0 aromatic heterocycles. The van der Waals surface area contributed by atoms with Crippen LogP contribution in [-0.4, -0.2) is 23.5 Å². The minimum atomic E-state index is -0.418. The van der Waals surface area contributed by atoms with E-state index in [1.54, 1.807) is 6.07 Å². The molecular weight excluding hydrogens is 386 g/mol. The number of hydrogen-bond acceptors (Lipinski definition) is 4. The summed E-state index contributed by atoms with van der Waals surface area (Å²) in [7, 11) is 0. The van der Waals surface area contributed by atoms with E-state index in [1.165, 1.54) is 0 Å². The lowest BCUT2D eigenvalue weighted by atomic mass is 10.1. The van der Waals surface area contributed by atoms with Crippen molar-refractivity contribution in [3.05, 3.63) is 78.4 Å². The average molecular weight is 407 g/mol. The maximum absolute atomic E-state index is 12.0. The first-order valence-electron chi connectivity index (χ1n) is 9.15. The third kappa shape index (κ3) is 6.29. The molecule has 0 saturated carbocycles. The van der Waals surface area contributed by atoms with Crippen LogP contribution in [0.2, 0.25) is 0 Å². The van der Waals surface area contributed by atoms with Gasteiger partial charge in [-0.15, -0.1) is 0 Å². The maximum Gasteiger partial charge on any atom is 0.276 e. The van der Waals surface area contributed by atoms with Crippen LogP contribution in [0.3, 0.4) is 0 Å². The fraction of sp³-hybridized carbons (Fsp3) is 0.136. The predicted molar refractivity (Wildman–Crippen MR) is 116 cm³/mol. The van der Waals surface area contributed by atoms with Crippen LogP contribution < -0.4 is 20.9 Å². The summed E-state index contributed by atoms with van der Waals surface area (Å²) in [5.74, 6) is -0.0264. The van der Waals surface area contributed by atoms with Gasteiger partial charge in [-0.3, -0.25) is 20.4 Å². The molecule has 3 N–H and O–H groups in total. The van der Waals surface area contributed by atoms with E-state index in [2.05, 4.69) is 16.2 Å². The quantitative estimate of drug-likeness (QED) is 0.433. The molecule has 29 heavy (non-hydrogen) atoms. The molecule has 0 fully saturated rings. The molecule has 148 valence electrons. The number of ether oxygens (including phenoxy) is 1. The smallest absolute Gasteiger partial charge is 0.276 e. The highest BCUT2D eigenvalue weighted by Crippen LogP contribution is 2.24. The van der Waals surface area contributed by atoms with E-state index in [-0.39, 0.29) is 17.6 Å². The van der Waals surface area contributed by atoms with Crippen LogP contribution in [0.25, 0.3) is 10.8 Å². The van der Waals surface area contributed by atoms with Gasteiger partial charge in [-0.05, 0) is 35.7 Å². The van der Waals surface area contributed by atoms with E-state index in [9.17, 15) is 9.59 Å². The summed E-state index contributed by atoms with van der Waals surface area (Å²) in [6.07, 6.45) is 0.907. The first-order valence-corrected chi connectivity index (χ1v) is 9.56. The average Bonchev–Trinajstić information content (AvgIpc) is 2.75. The van der Waals surface area contributed by atoms with E-state index in [0.29, 0.717) is 18.6 Å². The van der Waals surface area contributed by atoms with Crippen molar-refractivity contribution in [1.29, 1.82) is 0 Å². The first kappa shape index (κ1) is 20.3. The lowest BCUT2D eigenvalue weighted by molar-refractivity contribution is -0.124. The monoisotopic (exact) mass is 407 g/mol. The summed E-state index contributed by atoms with van der Waals surface area (Å²) in [6.45, 7) is -0.189. The molecule has 0 saturated heterocycles. The lowest BCUT2D eigenvalue weighted by Gasteiger charge is -2.12. The highest BCUT2D eigenvalue weighted by Gasteiger charge is 2.08. The van der Waals surface area contributed by atoms with Crippen LogP contribution in [-0.2, 0) is 16.0 Å². The highest BCUT2D eigenvalue weighted by atomic mass is 32.1. The number of benzene rings is 3. The number of nitrogens with one attached hydrogen (secondary N) is 3. The second-order valence-corrected chi connectivity index (χ2v) is 6.71. The van der Waals surface area contributed by atoms with E-state index < -0.39 is 5.91 Å². The van der Waals surface area contributed by atoms with Crippen molar-refractivity contribution in [1.82, 2.24) is 16.2 Å². The van der Waals surface area contributed by atoms with Crippen LogP contribution >= 0.6 is 12.2 Å². The van der Waals surface area contributed by atoms with Gasteiger partial charge in [-0.1, -0.05) is 66.7 Å². The fourth-order valence-electron chi connectivity index (χ4n) is 2.75. The zero-order valence-corrected chi connectivity index (χ0v) is 16.5. The van der Waals surface area contributed by atoms with Crippen molar-refractivity contribution in [2.45, 2.75) is 12.8 Å². The summed E-state index contributed by atoms with van der Waals surface area (Å²) >= 11 is 5.02. The Morgan fingerprint density at radius 3 is 2.38 bits per heavy atom. The Morgan fingerprint density at radius 2 is 1.55 bits per heavy atom. The summed E-state index contributed by atoms with van der Waals surface area (Å²) < 4.78 is 5.60. The zero-order valence-electron chi connectivity index (χ0n) is 15.7. The van der Waals surface area contributed by atoms with Gasteiger partial charge in [0, 0.05) is 11.8 Å². The number of carbonyl (C=O) groups is 2. The molecule has 0 radical (unpaired) electrons. The van der Waals surface area contributed by atoms with Crippen LogP contribution in [0, 0.1) is 0 Å². The van der Waals surface area contributed by atoms with Gasteiger partial charge in [0.1, 0.15) is 5.75 Å². The molecule has 0 aliphatic rings. The molecular formula is C22H21N3O3S. The molecule has 3 rings (SSSR count). The molecule has 6 nitrogen and oxygen atoms in total. The fourth-order valence-corrected chi connectivity index (χ4v) is 2.92. The molecule has 0 bridgehead atoms. The maximum atomic E-state index is 12.0. The minimum Gasteiger partial charge on any atom is -0.483 e. The number of fused-ring (bicyclic) bond motifs is 1. The number of carbonyl (C=O) groups excluding carboxylic acids is 2. The lowest BCUT2D eigenvalue weighted by Crippen LogP contribution is -2.49. The SMILES string of the molecule is O=C(COc1cccc2ccccc12)NNC(=S)NC(=O)CCc1ccccc1. The number of amides is 2. The van der Waals surface area contributed by atoms with Crippen LogP contribution in [0.15, 0.2) is 72.8 Å². The van der Waals surface area contributed by atoms with Crippen LogP contribution in [0.1, 0.15) is 12.0 Å². The molecule has 3 aromatic carbocycles. The Kier molecular flexibility index (Phi) is 7.13. The standard InChI is InChI=1S/C22H21N3O3S/c26-20(14-13-16-7-2-1-3-8-16)23-22(29)25-24-21(27)15-28-19-12-6-10-17-9-4-5-11-18(17)19/h1-12H,13-15H2,(H,24,27)(H2,23,25,26,29). The molecule has 0 heterocycles. The second kappa shape index (κ2) is 10.2. The molecule has 0 unspecified atom stereocenters. The summed E-state index contributed by atoms with van der Waals surface area (Å²) in [5.41, 5.74) is 5.98. The van der Waals surface area contributed by atoms with Gasteiger partial charge in [-0.2, -0.15) is 0 Å². The Morgan fingerprint density at radius 1 is 0.828 bits per heavy atom. The predicted octanol–water partition coefficient (Wildman–Crippen LogP) is 2.87. The van der Waals surface area contributed by atoms with Gasteiger partial charge in [0.15, 0.2) is 11.7 Å². The largest absolute Gasteiger partial charge is 0.483 e. The molecule has 0 aliphatic carbocycles. The van der Waals surface area contributed by atoms with Gasteiger partial charge >= 0.3 is 0 Å². The molecule has 7 heteroatoms. The molecule has 2 amide bonds. The van der Waals surface area contributed by atoms with Crippen molar-refractivity contribution in [2.75, 3.05) is 6.61 Å². The van der Waals surface area contributed by atoms with Crippen molar-refractivity contribution in [3.63, 3.8) is 0 Å². The van der Waals surface area contributed by atoms with Crippen molar-refractivity contribution in [3.8, 4) is 5.75 Å². The van der Waals surface area contributed by atoms with E-state index in [0.717, 1.165) is 16.3 Å². The van der Waals surface area contributed by atoms with Gasteiger partial charge in [0.25, 0.3) is 5.91 Å². The zero-order chi connectivity index (χ0) is 20.5. The third-order valence-electron chi connectivity index (χ3n) is 4.16. The Labute approximate surface area is 174 Å². The number of thiocarbonyl (C=S) groups is 1.